The fourth-order valence-corrected chi connectivity index (χ4v) is 2.24. The van der Waals surface area contributed by atoms with E-state index in [-0.39, 0.29) is 29.6 Å². The van der Waals surface area contributed by atoms with Gasteiger partial charge in [0.25, 0.3) is 11.8 Å². The van der Waals surface area contributed by atoms with Crippen molar-refractivity contribution in [3.05, 3.63) is 53.6 Å². The Kier molecular flexibility index (Phi) is 7.67. The molecular formula is C20H26ClN3O3. The molecule has 2 aromatic rings. The third kappa shape index (κ3) is 6.49. The highest BCUT2D eigenvalue weighted by atomic mass is 35.5. The van der Waals surface area contributed by atoms with Gasteiger partial charge in [-0.2, -0.15) is 0 Å². The molecule has 0 aliphatic heterocycles. The summed E-state index contributed by atoms with van der Waals surface area (Å²) in [5, 5.41) is 5.65. The van der Waals surface area contributed by atoms with Gasteiger partial charge in [0.05, 0.1) is 12.8 Å². The largest absolute Gasteiger partial charge is 0.495 e. The van der Waals surface area contributed by atoms with Gasteiger partial charge in [-0.1, -0.05) is 20.8 Å². The quantitative estimate of drug-likeness (QED) is 0.677. The second-order valence-corrected chi connectivity index (χ2v) is 7.23. The lowest BCUT2D eigenvalue weighted by molar-refractivity contribution is 0.0938. The highest BCUT2D eigenvalue weighted by molar-refractivity contribution is 6.05. The number of nitrogens with one attached hydrogen (secondary N) is 2. The summed E-state index contributed by atoms with van der Waals surface area (Å²) in [7, 11) is 1.53. The minimum atomic E-state index is -0.281. The second kappa shape index (κ2) is 9.28. The Morgan fingerprint density at radius 2 is 1.56 bits per heavy atom. The van der Waals surface area contributed by atoms with Crippen molar-refractivity contribution in [2.75, 3.05) is 24.7 Å². The number of ether oxygens (including phenoxy) is 1. The lowest BCUT2D eigenvalue weighted by atomic mass is 9.97. The van der Waals surface area contributed by atoms with E-state index in [0.717, 1.165) is 0 Å². The Balaban J connectivity index is 0.00000364. The maximum Gasteiger partial charge on any atom is 0.255 e. The van der Waals surface area contributed by atoms with E-state index in [1.54, 1.807) is 42.5 Å². The molecule has 2 rings (SSSR count). The van der Waals surface area contributed by atoms with E-state index in [2.05, 4.69) is 10.6 Å². The van der Waals surface area contributed by atoms with Crippen LogP contribution in [0.4, 0.5) is 11.4 Å². The van der Waals surface area contributed by atoms with Crippen LogP contribution in [-0.4, -0.2) is 25.5 Å². The van der Waals surface area contributed by atoms with Gasteiger partial charge in [0.15, 0.2) is 0 Å². The van der Waals surface area contributed by atoms with Gasteiger partial charge in [-0.05, 0) is 47.9 Å². The molecule has 7 heteroatoms. The zero-order chi connectivity index (χ0) is 19.3. The minimum Gasteiger partial charge on any atom is -0.495 e. The number of methoxy groups -OCH3 is 1. The van der Waals surface area contributed by atoms with E-state index >= 15 is 0 Å². The molecule has 6 nitrogen and oxygen atoms in total. The number of anilines is 2. The summed E-state index contributed by atoms with van der Waals surface area (Å²) in [5.74, 6) is 0.111. The van der Waals surface area contributed by atoms with Crippen molar-refractivity contribution in [3.63, 3.8) is 0 Å². The molecule has 0 aliphatic rings. The van der Waals surface area contributed by atoms with Crippen LogP contribution in [0.25, 0.3) is 0 Å². The highest BCUT2D eigenvalue weighted by Crippen LogP contribution is 2.24. The summed E-state index contributed by atoms with van der Waals surface area (Å²) in [6, 6.07) is 11.5. The first-order valence-corrected chi connectivity index (χ1v) is 8.33. The fourth-order valence-electron chi connectivity index (χ4n) is 2.24. The monoisotopic (exact) mass is 391 g/mol. The molecule has 2 amide bonds. The number of nitrogens with two attached hydrogens (primary N) is 1. The standard InChI is InChI=1S/C20H25N3O3.ClH/c1-20(2,3)12-22-18(24)13-5-7-14(8-6-13)19(25)23-15-9-10-17(26-4)16(21)11-15;/h5-11H,12,21H2,1-4H3,(H,22,24)(H,23,25);1H. The van der Waals surface area contributed by atoms with Crippen LogP contribution < -0.4 is 21.1 Å². The summed E-state index contributed by atoms with van der Waals surface area (Å²) in [6.45, 7) is 6.72. The maximum absolute atomic E-state index is 12.3. The van der Waals surface area contributed by atoms with Gasteiger partial charge < -0.3 is 21.1 Å². The molecule has 0 fully saturated rings. The Labute approximate surface area is 165 Å². The second-order valence-electron chi connectivity index (χ2n) is 7.23. The molecule has 0 saturated carbocycles. The molecule has 0 aromatic heterocycles. The molecule has 0 radical (unpaired) electrons. The molecule has 4 N–H and O–H groups in total. The number of rotatable bonds is 5. The van der Waals surface area contributed by atoms with Crippen molar-refractivity contribution in [2.24, 2.45) is 5.41 Å². The first-order valence-electron chi connectivity index (χ1n) is 8.33. The SMILES string of the molecule is COc1ccc(NC(=O)c2ccc(C(=O)NCC(C)(C)C)cc2)cc1N.Cl. The van der Waals surface area contributed by atoms with Crippen LogP contribution in [0.15, 0.2) is 42.5 Å². The molecular weight excluding hydrogens is 366 g/mol. The predicted molar refractivity (Wildman–Crippen MR) is 111 cm³/mol. The summed E-state index contributed by atoms with van der Waals surface area (Å²) >= 11 is 0. The molecule has 27 heavy (non-hydrogen) atoms. The highest BCUT2D eigenvalue weighted by Gasteiger charge is 2.14. The van der Waals surface area contributed by atoms with Crippen LogP contribution in [0.1, 0.15) is 41.5 Å². The number of carbonyl (C=O) groups is 2. The zero-order valence-electron chi connectivity index (χ0n) is 16.0. The maximum atomic E-state index is 12.3. The third-order valence-corrected chi connectivity index (χ3v) is 3.68. The smallest absolute Gasteiger partial charge is 0.255 e. The van der Waals surface area contributed by atoms with Crippen LogP contribution >= 0.6 is 12.4 Å². The number of benzene rings is 2. The van der Waals surface area contributed by atoms with Crippen molar-refractivity contribution >= 4 is 35.6 Å². The Morgan fingerprint density at radius 3 is 2.04 bits per heavy atom. The molecule has 0 bridgehead atoms. The Hall–Kier alpha value is -2.73. The molecule has 0 spiro atoms. The molecule has 0 aliphatic carbocycles. The number of hydrogen-bond donors (Lipinski definition) is 3. The predicted octanol–water partition coefficient (Wildman–Crippen LogP) is 3.73. The van der Waals surface area contributed by atoms with Crippen LogP contribution in [0.5, 0.6) is 5.75 Å². The van der Waals surface area contributed by atoms with Gasteiger partial charge in [-0.25, -0.2) is 0 Å². The lowest BCUT2D eigenvalue weighted by Crippen LogP contribution is -2.32. The summed E-state index contributed by atoms with van der Waals surface area (Å²) in [6.07, 6.45) is 0. The van der Waals surface area contributed by atoms with E-state index in [1.165, 1.54) is 7.11 Å². The summed E-state index contributed by atoms with van der Waals surface area (Å²) in [5.41, 5.74) is 7.82. The van der Waals surface area contributed by atoms with E-state index in [9.17, 15) is 9.59 Å². The molecule has 0 heterocycles. The number of amides is 2. The number of hydrogen-bond acceptors (Lipinski definition) is 4. The van der Waals surface area contributed by atoms with E-state index < -0.39 is 0 Å². The van der Waals surface area contributed by atoms with Gasteiger partial charge in [0, 0.05) is 23.4 Å². The number of nitrogen functional groups attached to an aromatic ring is 1. The van der Waals surface area contributed by atoms with Gasteiger partial charge in [-0.15, -0.1) is 12.4 Å². The van der Waals surface area contributed by atoms with Crippen molar-refractivity contribution in [1.82, 2.24) is 5.32 Å². The molecule has 2 aromatic carbocycles. The Bertz CT molecular complexity index is 799. The first kappa shape index (κ1) is 22.3. The molecule has 0 saturated heterocycles. The van der Waals surface area contributed by atoms with Crippen molar-refractivity contribution < 1.29 is 14.3 Å². The van der Waals surface area contributed by atoms with Crippen LogP contribution in [0.2, 0.25) is 0 Å². The topological polar surface area (TPSA) is 93.4 Å². The molecule has 0 unspecified atom stereocenters. The normalized spacial score (nSPS) is 10.5. The van der Waals surface area contributed by atoms with Crippen molar-refractivity contribution in [2.45, 2.75) is 20.8 Å². The minimum absolute atomic E-state index is 0. The van der Waals surface area contributed by atoms with Crippen molar-refractivity contribution in [1.29, 1.82) is 0 Å². The van der Waals surface area contributed by atoms with Gasteiger partial charge in [0.2, 0.25) is 0 Å². The van der Waals surface area contributed by atoms with Crippen molar-refractivity contribution in [3.8, 4) is 5.75 Å². The van der Waals surface area contributed by atoms with E-state index in [1.807, 2.05) is 20.8 Å². The lowest BCUT2D eigenvalue weighted by Gasteiger charge is -2.18. The number of carbonyl (C=O) groups excluding carboxylic acids is 2. The number of halogens is 1. The van der Waals surface area contributed by atoms with E-state index in [0.29, 0.717) is 34.8 Å². The van der Waals surface area contributed by atoms with Crippen LogP contribution in [0, 0.1) is 5.41 Å². The fraction of sp³-hybridized carbons (Fsp3) is 0.300. The molecule has 0 atom stereocenters. The van der Waals surface area contributed by atoms with Gasteiger partial charge >= 0.3 is 0 Å². The Morgan fingerprint density at radius 1 is 1.00 bits per heavy atom. The van der Waals surface area contributed by atoms with Crippen LogP contribution in [0.3, 0.4) is 0 Å². The first-order chi connectivity index (χ1) is 12.2. The third-order valence-electron chi connectivity index (χ3n) is 3.68. The van der Waals surface area contributed by atoms with Gasteiger partial charge in [0.1, 0.15) is 5.75 Å². The summed E-state index contributed by atoms with van der Waals surface area (Å²) < 4.78 is 5.09. The summed E-state index contributed by atoms with van der Waals surface area (Å²) in [4.78, 5) is 24.5. The zero-order valence-corrected chi connectivity index (χ0v) is 16.8. The average molecular weight is 392 g/mol. The average Bonchev–Trinajstić information content (AvgIpc) is 2.59. The van der Waals surface area contributed by atoms with Crippen LogP contribution in [-0.2, 0) is 0 Å². The molecule has 146 valence electrons. The van der Waals surface area contributed by atoms with Gasteiger partial charge in [-0.3, -0.25) is 9.59 Å². The van der Waals surface area contributed by atoms with E-state index in [4.69, 9.17) is 10.5 Å².